The number of piperazine rings is 1. The molecule has 3 aromatic rings. The third-order valence-electron chi connectivity index (χ3n) is 7.52. The lowest BCUT2D eigenvalue weighted by Crippen LogP contribution is -2.49. The number of hydrogen-bond donors (Lipinski definition) is 2. The number of ether oxygens (including phenoxy) is 1. The number of carbonyl (C=O) groups excluding carboxylic acids is 1. The van der Waals surface area contributed by atoms with Crippen molar-refractivity contribution in [1.82, 2.24) is 14.9 Å². The first kappa shape index (κ1) is 29.9. The van der Waals surface area contributed by atoms with Crippen molar-refractivity contribution in [2.24, 2.45) is 0 Å². The Labute approximate surface area is 256 Å². The number of halogens is 2. The zero-order valence-electron chi connectivity index (χ0n) is 23.9. The standard InChI is InChI=1S/C30H35Cl2N7O3/c1-5-30(40)36-23-15-24(27(41-4)16-26(23)38-11-9-37(10-12-38)19(2)3)35-28-17-29(34-18-33-28)39-25(8-13-42-39)20-6-7-21(31)22(32)14-20/h5-7,14-19,25H,1,8-13H2,2-4H3,(H,36,40)(H,33,34,35). The molecule has 0 aliphatic carbocycles. The molecule has 2 N–H and O–H groups in total. The molecule has 0 bridgehead atoms. The molecule has 1 unspecified atom stereocenters. The summed E-state index contributed by atoms with van der Waals surface area (Å²) in [5.74, 6) is 1.43. The Morgan fingerprint density at radius 1 is 1.10 bits per heavy atom. The molecular weight excluding hydrogens is 577 g/mol. The maximum atomic E-state index is 12.4. The maximum absolute atomic E-state index is 12.4. The molecule has 12 heteroatoms. The molecule has 2 aromatic carbocycles. The van der Waals surface area contributed by atoms with E-state index in [1.165, 1.54) is 12.4 Å². The lowest BCUT2D eigenvalue weighted by Gasteiger charge is -2.39. The van der Waals surface area contributed by atoms with Crippen molar-refractivity contribution in [3.05, 3.63) is 71.0 Å². The van der Waals surface area contributed by atoms with Crippen LogP contribution >= 0.6 is 23.2 Å². The summed E-state index contributed by atoms with van der Waals surface area (Å²) in [7, 11) is 1.62. The number of hydroxylamine groups is 1. The lowest BCUT2D eigenvalue weighted by molar-refractivity contribution is -0.111. The van der Waals surface area contributed by atoms with Crippen LogP contribution in [0.15, 0.2) is 55.4 Å². The molecule has 10 nitrogen and oxygen atoms in total. The Morgan fingerprint density at radius 3 is 2.57 bits per heavy atom. The van der Waals surface area contributed by atoms with Crippen molar-refractivity contribution in [3.8, 4) is 5.75 Å². The van der Waals surface area contributed by atoms with E-state index >= 15 is 0 Å². The third-order valence-corrected chi connectivity index (χ3v) is 8.26. The number of amides is 1. The topological polar surface area (TPSA) is 95.1 Å². The molecule has 2 saturated heterocycles. The Morgan fingerprint density at radius 2 is 1.88 bits per heavy atom. The van der Waals surface area contributed by atoms with Crippen LogP contribution in [0.3, 0.4) is 0 Å². The van der Waals surface area contributed by atoms with Gasteiger partial charge in [-0.05, 0) is 43.7 Å². The fourth-order valence-corrected chi connectivity index (χ4v) is 5.56. The second-order valence-corrected chi connectivity index (χ2v) is 11.2. The highest BCUT2D eigenvalue weighted by Crippen LogP contribution is 2.40. The fourth-order valence-electron chi connectivity index (χ4n) is 5.25. The summed E-state index contributed by atoms with van der Waals surface area (Å²) < 4.78 is 5.79. The van der Waals surface area contributed by atoms with Gasteiger partial charge < -0.3 is 20.3 Å². The number of nitrogens with one attached hydrogen (secondary N) is 2. The van der Waals surface area contributed by atoms with E-state index in [4.69, 9.17) is 32.8 Å². The van der Waals surface area contributed by atoms with E-state index in [1.807, 2.05) is 24.3 Å². The van der Waals surface area contributed by atoms with Crippen LogP contribution in [0.2, 0.25) is 10.0 Å². The fraction of sp³-hybridized carbons (Fsp3) is 0.367. The molecule has 3 heterocycles. The van der Waals surface area contributed by atoms with Crippen molar-refractivity contribution in [1.29, 1.82) is 0 Å². The molecule has 2 aliphatic rings. The smallest absolute Gasteiger partial charge is 0.247 e. The van der Waals surface area contributed by atoms with Crippen molar-refractivity contribution in [2.75, 3.05) is 60.5 Å². The highest BCUT2D eigenvalue weighted by atomic mass is 35.5. The minimum atomic E-state index is -0.294. The number of aromatic nitrogens is 2. The number of carbonyl (C=O) groups is 1. The summed E-state index contributed by atoms with van der Waals surface area (Å²) in [5, 5.41) is 9.06. The van der Waals surface area contributed by atoms with Crippen LogP contribution in [0.4, 0.5) is 28.7 Å². The second-order valence-electron chi connectivity index (χ2n) is 10.4. The quantitative estimate of drug-likeness (QED) is 0.279. The number of anilines is 5. The highest BCUT2D eigenvalue weighted by molar-refractivity contribution is 6.42. The van der Waals surface area contributed by atoms with Crippen LogP contribution in [0.25, 0.3) is 0 Å². The Hall–Kier alpha value is -3.57. The molecule has 5 rings (SSSR count). The van der Waals surface area contributed by atoms with Crippen LogP contribution in [0, 0.1) is 0 Å². The first-order valence-corrected chi connectivity index (χ1v) is 14.6. The minimum absolute atomic E-state index is 0.0896. The van der Waals surface area contributed by atoms with Gasteiger partial charge in [0, 0.05) is 50.8 Å². The largest absolute Gasteiger partial charge is 0.494 e. The molecule has 1 aromatic heterocycles. The molecule has 2 aliphatic heterocycles. The molecule has 2 fully saturated rings. The molecule has 1 amide bonds. The van der Waals surface area contributed by atoms with Crippen LogP contribution in [0.1, 0.15) is 31.9 Å². The molecule has 0 spiro atoms. The van der Waals surface area contributed by atoms with E-state index in [9.17, 15) is 4.79 Å². The predicted molar refractivity (Wildman–Crippen MR) is 168 cm³/mol. The van der Waals surface area contributed by atoms with Gasteiger partial charge in [0.05, 0.1) is 46.9 Å². The number of nitrogens with zero attached hydrogens (tertiary/aromatic N) is 5. The molecular formula is C30H35Cl2N7O3. The van der Waals surface area contributed by atoms with Gasteiger partial charge in [-0.3, -0.25) is 14.5 Å². The van der Waals surface area contributed by atoms with Gasteiger partial charge in [-0.1, -0.05) is 35.8 Å². The van der Waals surface area contributed by atoms with Crippen molar-refractivity contribution in [3.63, 3.8) is 0 Å². The molecule has 222 valence electrons. The lowest BCUT2D eigenvalue weighted by atomic mass is 10.0. The predicted octanol–water partition coefficient (Wildman–Crippen LogP) is 6.07. The van der Waals surface area contributed by atoms with Gasteiger partial charge in [0.15, 0.2) is 5.82 Å². The van der Waals surface area contributed by atoms with Crippen LogP contribution < -0.4 is 25.3 Å². The van der Waals surface area contributed by atoms with E-state index in [2.05, 4.69) is 50.8 Å². The zero-order valence-corrected chi connectivity index (χ0v) is 25.5. The van der Waals surface area contributed by atoms with Gasteiger partial charge >= 0.3 is 0 Å². The highest BCUT2D eigenvalue weighted by Gasteiger charge is 2.30. The first-order valence-electron chi connectivity index (χ1n) is 13.9. The van der Waals surface area contributed by atoms with Gasteiger partial charge in [-0.15, -0.1) is 0 Å². The van der Waals surface area contributed by atoms with Gasteiger partial charge in [0.2, 0.25) is 5.91 Å². The van der Waals surface area contributed by atoms with Gasteiger partial charge in [-0.2, -0.15) is 0 Å². The van der Waals surface area contributed by atoms with Crippen LogP contribution in [0.5, 0.6) is 5.75 Å². The third kappa shape index (κ3) is 6.57. The summed E-state index contributed by atoms with van der Waals surface area (Å²) in [6.45, 7) is 12.1. The molecule has 42 heavy (non-hydrogen) atoms. The molecule has 0 saturated carbocycles. The van der Waals surface area contributed by atoms with E-state index < -0.39 is 0 Å². The van der Waals surface area contributed by atoms with Gasteiger partial charge in [-0.25, -0.2) is 15.0 Å². The van der Waals surface area contributed by atoms with Gasteiger partial charge in [0.25, 0.3) is 0 Å². The van der Waals surface area contributed by atoms with E-state index in [0.717, 1.165) is 43.9 Å². The number of benzene rings is 2. The molecule has 1 atom stereocenters. The van der Waals surface area contributed by atoms with Crippen molar-refractivity contribution >= 4 is 57.8 Å². The average Bonchev–Trinajstić information content (AvgIpc) is 3.49. The van der Waals surface area contributed by atoms with E-state index in [1.54, 1.807) is 24.3 Å². The minimum Gasteiger partial charge on any atom is -0.494 e. The summed E-state index contributed by atoms with van der Waals surface area (Å²) in [6.07, 6.45) is 3.49. The summed E-state index contributed by atoms with van der Waals surface area (Å²) in [5.41, 5.74) is 3.14. The average molecular weight is 613 g/mol. The first-order chi connectivity index (χ1) is 20.3. The van der Waals surface area contributed by atoms with Crippen LogP contribution in [-0.4, -0.2) is 66.7 Å². The SMILES string of the molecule is C=CC(=O)Nc1cc(Nc2cc(N3OCCC3c3ccc(Cl)c(Cl)c3)ncn2)c(OC)cc1N1CCN(C(C)C)CC1. The normalized spacial score (nSPS) is 17.4. The van der Waals surface area contributed by atoms with E-state index in [-0.39, 0.29) is 11.9 Å². The molecule has 0 radical (unpaired) electrons. The number of rotatable bonds is 9. The number of hydrogen-bond acceptors (Lipinski definition) is 9. The van der Waals surface area contributed by atoms with Crippen molar-refractivity contribution < 1.29 is 14.4 Å². The summed E-state index contributed by atoms with van der Waals surface area (Å²) in [4.78, 5) is 32.0. The van der Waals surface area contributed by atoms with Gasteiger partial charge in [0.1, 0.15) is 17.9 Å². The summed E-state index contributed by atoms with van der Waals surface area (Å²) in [6, 6.07) is 11.6. The zero-order chi connectivity index (χ0) is 29.8. The van der Waals surface area contributed by atoms with Crippen molar-refractivity contribution in [2.45, 2.75) is 32.4 Å². The Bertz CT molecular complexity index is 1450. The summed E-state index contributed by atoms with van der Waals surface area (Å²) >= 11 is 12.4. The Balaban J connectivity index is 1.42. The Kier molecular flexibility index (Phi) is 9.37. The van der Waals surface area contributed by atoms with E-state index in [0.29, 0.717) is 51.5 Å². The second kappa shape index (κ2) is 13.2. The monoisotopic (exact) mass is 611 g/mol. The number of methoxy groups -OCH3 is 1. The van der Waals surface area contributed by atoms with Crippen LogP contribution in [-0.2, 0) is 9.63 Å². The maximum Gasteiger partial charge on any atom is 0.247 e.